The van der Waals surface area contributed by atoms with E-state index in [0.717, 1.165) is 165 Å². The number of nitrogens with zero attached hydrogens (tertiary/aromatic N) is 12. The number of fused-ring (bicyclic) bond motifs is 3. The van der Waals surface area contributed by atoms with E-state index in [9.17, 15) is 42.6 Å². The van der Waals surface area contributed by atoms with E-state index < -0.39 is 11.1 Å². The molecule has 0 aliphatic carbocycles. The van der Waals surface area contributed by atoms with Crippen LogP contribution in [0.25, 0.3) is 0 Å². The first-order valence-corrected chi connectivity index (χ1v) is 43.5. The van der Waals surface area contributed by atoms with Crippen LogP contribution in [-0.4, -0.2) is 302 Å². The summed E-state index contributed by atoms with van der Waals surface area (Å²) in [6.45, 7) is 47.6. The average molecular weight is 1660 g/mol. The Bertz CT molecular complexity index is 4420. The third-order valence-electron chi connectivity index (χ3n) is 26.8. The minimum atomic E-state index is -0.417. The van der Waals surface area contributed by atoms with Gasteiger partial charge in [0.05, 0.1) is 93.1 Å². The first-order valence-electron chi connectivity index (χ1n) is 43.5. The molecule has 26 heteroatoms. The van der Waals surface area contributed by atoms with Gasteiger partial charge in [-0.3, -0.25) is 58.5 Å². The van der Waals surface area contributed by atoms with Gasteiger partial charge in [0.1, 0.15) is 17.5 Å². The number of aliphatic hydroxyl groups excluding tert-OH is 2. The van der Waals surface area contributed by atoms with Gasteiger partial charge in [0.15, 0.2) is 0 Å². The van der Waals surface area contributed by atoms with Crippen molar-refractivity contribution < 1.29 is 52.0 Å². The lowest BCUT2D eigenvalue weighted by Crippen LogP contribution is -2.65. The smallest absolute Gasteiger partial charge is 0.241 e. The van der Waals surface area contributed by atoms with Crippen molar-refractivity contribution in [1.82, 2.24) is 60.2 Å². The van der Waals surface area contributed by atoms with Crippen molar-refractivity contribution in [3.05, 3.63) is 182 Å². The Labute approximate surface area is 709 Å². The first-order chi connectivity index (χ1) is 57.0. The minimum absolute atomic E-state index is 0.0366. The summed E-state index contributed by atoms with van der Waals surface area (Å²) < 4.78 is 52.0. The molecule has 0 unspecified atom stereocenters. The maximum atomic E-state index is 14.0. The van der Waals surface area contributed by atoms with E-state index in [1.54, 1.807) is 19.1 Å². The van der Waals surface area contributed by atoms with Crippen molar-refractivity contribution in [2.75, 3.05) is 185 Å². The number of benzene rings is 4. The van der Waals surface area contributed by atoms with Crippen LogP contribution in [-0.2, 0) is 64.2 Å². The highest BCUT2D eigenvalue weighted by Gasteiger charge is 2.47. The van der Waals surface area contributed by atoms with Gasteiger partial charge in [-0.05, 0) is 179 Å². The van der Waals surface area contributed by atoms with Gasteiger partial charge in [0, 0.05) is 195 Å². The van der Waals surface area contributed by atoms with Crippen molar-refractivity contribution in [3.63, 3.8) is 0 Å². The van der Waals surface area contributed by atoms with Gasteiger partial charge in [0.2, 0.25) is 23.6 Å². The van der Waals surface area contributed by atoms with Crippen LogP contribution in [0.1, 0.15) is 151 Å². The number of pyridine rings is 2. The Morgan fingerprint density at radius 3 is 1.30 bits per heavy atom. The van der Waals surface area contributed by atoms with Gasteiger partial charge < -0.3 is 55.2 Å². The van der Waals surface area contributed by atoms with Gasteiger partial charge in [-0.25, -0.2) is 13.2 Å². The second-order valence-electron chi connectivity index (χ2n) is 38.5. The lowest BCUT2D eigenvalue weighted by Gasteiger charge is -2.48. The number of halogens is 3. The fourth-order valence-corrected chi connectivity index (χ4v) is 19.4. The van der Waals surface area contributed by atoms with Crippen molar-refractivity contribution in [3.8, 4) is 0 Å². The molecule has 0 spiro atoms. The normalized spacial score (nSPS) is 26.5. The number of amides is 4. The maximum Gasteiger partial charge on any atom is 0.241 e. The maximum absolute atomic E-state index is 14.0. The summed E-state index contributed by atoms with van der Waals surface area (Å²) in [7, 11) is 0. The van der Waals surface area contributed by atoms with Gasteiger partial charge in [-0.2, -0.15) is 0 Å². The molecule has 652 valence electrons. The summed E-state index contributed by atoms with van der Waals surface area (Å²) in [6, 6.07) is 28.7. The number of anilines is 3. The van der Waals surface area contributed by atoms with Crippen LogP contribution >= 0.6 is 0 Å². The van der Waals surface area contributed by atoms with E-state index in [4.69, 9.17) is 19.4 Å². The Kier molecular flexibility index (Phi) is 28.4. The highest BCUT2D eigenvalue weighted by atomic mass is 19.1. The van der Waals surface area contributed by atoms with Crippen molar-refractivity contribution >= 4 is 40.7 Å². The number of carbonyl (C=O) groups excluding carboxylic acids is 4. The van der Waals surface area contributed by atoms with Gasteiger partial charge in [-0.1, -0.05) is 77.9 Å². The zero-order valence-electron chi connectivity index (χ0n) is 73.7. The van der Waals surface area contributed by atoms with Crippen LogP contribution in [0.15, 0.2) is 103 Å². The molecule has 23 nitrogen and oxygen atoms in total. The second-order valence-corrected chi connectivity index (χ2v) is 38.5. The van der Waals surface area contributed by atoms with Crippen LogP contribution in [0.3, 0.4) is 0 Å². The lowest BCUT2D eigenvalue weighted by atomic mass is 9.86. The standard InChI is InChI=1S/C32H44FN5O2.2C31H44FN5O3/c1-22-17-37(28(16-34-22)19-35-12-13-36(24(3)39)18-23(35)2)20-31(40)38-21-32(4,5)29-11-8-26(15-30(29)38)14-25-6-9-27(33)10-7-25;2*1-21-10-25(32)7-6-24(21)11-23-12-27-29(34-13-23)30(3,4)18-37(27)28(39)17-35-15-22(2)33-14-26(35)16-36-8-9-40-20-31(36,5)19-38/h6-11,15,22-23,28,34H,12-14,16-21H2,1-5H3;2*6-7,10,12-13,22,26,33,38H,8-9,11,14-20H2,1-5H3/t22-,23-,28-;22-,26-,31+;22-,26-,31-/m111/s1. The highest BCUT2D eigenvalue weighted by molar-refractivity contribution is 5.99. The number of aryl methyl sites for hydroxylation is 2. The number of hydrogen-bond donors (Lipinski definition) is 5. The van der Waals surface area contributed by atoms with E-state index in [1.165, 1.54) is 29.8 Å². The molecule has 4 aromatic carbocycles. The monoisotopic (exact) mass is 1660 g/mol. The molecule has 6 saturated heterocycles. The summed E-state index contributed by atoms with van der Waals surface area (Å²) in [5.41, 5.74) is 12.5. The Morgan fingerprint density at radius 1 is 0.467 bits per heavy atom. The molecule has 2 aromatic heterocycles. The van der Waals surface area contributed by atoms with Crippen LogP contribution in [0.4, 0.5) is 30.2 Å². The summed E-state index contributed by atoms with van der Waals surface area (Å²) in [5.74, 6) is -0.265. The predicted octanol–water partition coefficient (Wildman–Crippen LogP) is 8.23. The molecule has 6 fully saturated rings. The van der Waals surface area contributed by atoms with E-state index in [0.29, 0.717) is 97.0 Å². The third-order valence-corrected chi connectivity index (χ3v) is 26.8. The molecule has 0 radical (unpaired) electrons. The van der Waals surface area contributed by atoms with E-state index >= 15 is 0 Å². The Hall–Kier alpha value is -7.67. The minimum Gasteiger partial charge on any atom is -0.394 e. The fourth-order valence-electron chi connectivity index (χ4n) is 19.4. The summed E-state index contributed by atoms with van der Waals surface area (Å²) in [6.07, 6.45) is 5.75. The predicted molar refractivity (Wildman–Crippen MR) is 466 cm³/mol. The van der Waals surface area contributed by atoms with Gasteiger partial charge >= 0.3 is 0 Å². The molecule has 0 saturated carbocycles. The summed E-state index contributed by atoms with van der Waals surface area (Å²) in [5, 5.41) is 31.0. The van der Waals surface area contributed by atoms with E-state index in [2.05, 4.69) is 145 Å². The molecule has 6 aromatic rings. The Balaban J connectivity index is 0.000000156. The number of nitrogens with one attached hydrogen (secondary N) is 3. The van der Waals surface area contributed by atoms with E-state index in [-0.39, 0.29) is 101 Å². The van der Waals surface area contributed by atoms with Crippen LogP contribution < -0.4 is 30.7 Å². The largest absolute Gasteiger partial charge is 0.394 e. The molecule has 9 atom stereocenters. The van der Waals surface area contributed by atoms with Crippen LogP contribution in [0, 0.1) is 31.3 Å². The molecule has 9 aliphatic rings. The lowest BCUT2D eigenvalue weighted by molar-refractivity contribution is -0.132. The number of piperazine rings is 4. The highest BCUT2D eigenvalue weighted by Crippen LogP contribution is 2.44. The molecule has 5 N–H and O–H groups in total. The Morgan fingerprint density at radius 2 is 0.875 bits per heavy atom. The molecule has 0 bridgehead atoms. The van der Waals surface area contributed by atoms with Crippen molar-refractivity contribution in [2.45, 2.75) is 193 Å². The quantitative estimate of drug-likeness (QED) is 0.0486. The number of rotatable bonds is 20. The van der Waals surface area contributed by atoms with Crippen molar-refractivity contribution in [2.24, 2.45) is 0 Å². The molecule has 9 aliphatic heterocycles. The molecule has 4 amide bonds. The molecule has 11 heterocycles. The average Bonchev–Trinajstić information content (AvgIpc) is 1.61. The van der Waals surface area contributed by atoms with Crippen LogP contribution in [0.5, 0.6) is 0 Å². The third kappa shape index (κ3) is 21.0. The number of aliphatic hydroxyl groups is 2. The summed E-state index contributed by atoms with van der Waals surface area (Å²) >= 11 is 0. The second kappa shape index (κ2) is 37.8. The number of morpholine rings is 2. The molecule has 15 rings (SSSR count). The number of ether oxygens (including phenoxy) is 2. The molecular formula is C94H132F3N15O8. The van der Waals surface area contributed by atoms with Crippen LogP contribution in [0.2, 0.25) is 0 Å². The summed E-state index contributed by atoms with van der Waals surface area (Å²) in [4.78, 5) is 85.3. The van der Waals surface area contributed by atoms with Gasteiger partial charge in [-0.15, -0.1) is 0 Å². The first kappa shape index (κ1) is 90.1. The molecule has 120 heavy (non-hydrogen) atoms. The van der Waals surface area contributed by atoms with Gasteiger partial charge in [0.25, 0.3) is 0 Å². The topological polar surface area (TPSA) is 221 Å². The van der Waals surface area contributed by atoms with Crippen molar-refractivity contribution in [1.29, 1.82) is 0 Å². The van der Waals surface area contributed by atoms with E-state index in [1.807, 2.05) is 84.0 Å². The number of aromatic nitrogens is 2. The fraction of sp³-hybridized carbons (Fsp3) is 0.596. The SMILES string of the molecule is CC(=O)N1CCN(C[C@H]2CN[C@H](C)CN2CC(=O)N2CC(C)(C)c3ccc(Cc4ccc(F)cc4)cc32)[C@H](C)C1.Cc1cc(F)ccc1Cc1cnc2c(c1)N(C(=O)CN1C[C@@H](C)NC[C@@H]1CN1CCOC[C@@]1(C)CO)CC2(C)C.Cc1cc(F)ccc1Cc1cnc2c(c1)N(C(=O)CN1C[C@@H](C)NC[C@@H]1CN1CCOC[C@]1(C)CO)CC2(C)C. The number of carbonyl (C=O) groups is 4. The zero-order chi connectivity index (χ0) is 85.9. The zero-order valence-corrected chi connectivity index (χ0v) is 73.7. The number of hydrogen-bond acceptors (Lipinski definition) is 19. The molecular weight excluding hydrogens is 1520 g/mol.